The average molecular weight is 406 g/mol. The number of nitrogens with zero attached hydrogens (tertiary/aromatic N) is 3. The van der Waals surface area contributed by atoms with E-state index >= 15 is 0 Å². The topological polar surface area (TPSA) is 82.1 Å². The molecule has 0 amide bonds. The second-order valence-electron chi connectivity index (χ2n) is 4.96. The van der Waals surface area contributed by atoms with E-state index in [0.717, 1.165) is 9.37 Å². The zero-order chi connectivity index (χ0) is 17.1. The maximum atomic E-state index is 10.7. The van der Waals surface area contributed by atoms with Crippen LogP contribution >= 0.6 is 27.7 Å². The number of hydrogen-bond acceptors (Lipinski definition) is 6. The lowest BCUT2D eigenvalue weighted by Gasteiger charge is -2.06. The van der Waals surface area contributed by atoms with Crippen LogP contribution < -0.4 is 0 Å². The molecule has 1 aromatic heterocycles. The van der Waals surface area contributed by atoms with E-state index in [4.69, 9.17) is 4.42 Å². The molecule has 0 radical (unpaired) electrons. The molecule has 0 aliphatic carbocycles. The fraction of sp³-hybridized carbons (Fsp3) is 0.125. The summed E-state index contributed by atoms with van der Waals surface area (Å²) in [4.78, 5) is 11.3. The molecule has 0 bridgehead atoms. The molecule has 8 heteroatoms. The van der Waals surface area contributed by atoms with Crippen LogP contribution in [0.25, 0.3) is 11.5 Å². The van der Waals surface area contributed by atoms with Crippen molar-refractivity contribution in [2.24, 2.45) is 0 Å². The Morgan fingerprint density at radius 2 is 1.79 bits per heavy atom. The van der Waals surface area contributed by atoms with Gasteiger partial charge in [-0.2, -0.15) is 0 Å². The number of rotatable bonds is 5. The summed E-state index contributed by atoms with van der Waals surface area (Å²) in [6, 6.07) is 14.0. The van der Waals surface area contributed by atoms with Crippen molar-refractivity contribution in [2.45, 2.75) is 17.1 Å². The molecule has 6 nitrogen and oxygen atoms in total. The van der Waals surface area contributed by atoms with Crippen molar-refractivity contribution in [3.63, 3.8) is 0 Å². The van der Waals surface area contributed by atoms with Crippen LogP contribution in [-0.2, 0) is 0 Å². The van der Waals surface area contributed by atoms with Crippen molar-refractivity contribution in [3.8, 4) is 11.5 Å². The van der Waals surface area contributed by atoms with Gasteiger partial charge in [-0.25, -0.2) is 0 Å². The molecular weight excluding hydrogens is 394 g/mol. The lowest BCUT2D eigenvalue weighted by Crippen LogP contribution is -1.88. The second-order valence-corrected chi connectivity index (χ2v) is 7.29. The van der Waals surface area contributed by atoms with Gasteiger partial charge in [0.1, 0.15) is 0 Å². The van der Waals surface area contributed by atoms with Crippen molar-refractivity contribution in [2.75, 3.05) is 0 Å². The molecule has 1 atom stereocenters. The van der Waals surface area contributed by atoms with E-state index in [-0.39, 0.29) is 10.9 Å². The van der Waals surface area contributed by atoms with Gasteiger partial charge in [-0.15, -0.1) is 22.0 Å². The highest BCUT2D eigenvalue weighted by Gasteiger charge is 2.17. The third-order valence-electron chi connectivity index (χ3n) is 3.24. The van der Waals surface area contributed by atoms with Crippen LogP contribution in [0.15, 0.2) is 62.3 Å². The fourth-order valence-electron chi connectivity index (χ4n) is 2.01. The number of thioether (sulfide) groups is 1. The second kappa shape index (κ2) is 7.14. The van der Waals surface area contributed by atoms with Gasteiger partial charge in [-0.1, -0.05) is 15.9 Å². The van der Waals surface area contributed by atoms with Crippen molar-refractivity contribution in [3.05, 3.63) is 69.0 Å². The summed E-state index contributed by atoms with van der Waals surface area (Å²) in [6.07, 6.45) is 0. The molecule has 122 valence electrons. The molecule has 0 aliphatic heterocycles. The Labute approximate surface area is 150 Å². The minimum absolute atomic E-state index is 0.00882. The van der Waals surface area contributed by atoms with E-state index in [1.807, 2.05) is 31.2 Å². The molecule has 1 heterocycles. The third-order valence-corrected chi connectivity index (χ3v) is 4.87. The smallest absolute Gasteiger partial charge is 0.269 e. The molecule has 0 unspecified atom stereocenters. The molecule has 3 rings (SSSR count). The van der Waals surface area contributed by atoms with Crippen LogP contribution in [0.3, 0.4) is 0 Å². The van der Waals surface area contributed by atoms with Gasteiger partial charge < -0.3 is 4.42 Å². The van der Waals surface area contributed by atoms with Gasteiger partial charge in [0.25, 0.3) is 5.69 Å². The molecule has 0 saturated heterocycles. The van der Waals surface area contributed by atoms with Crippen molar-refractivity contribution >= 4 is 33.4 Å². The molecule has 24 heavy (non-hydrogen) atoms. The quantitative estimate of drug-likeness (QED) is 0.327. The first kappa shape index (κ1) is 16.7. The van der Waals surface area contributed by atoms with Crippen LogP contribution in [0.5, 0.6) is 0 Å². The summed E-state index contributed by atoms with van der Waals surface area (Å²) in [6.45, 7) is 1.99. The number of non-ortho nitro benzene ring substituents is 1. The molecule has 0 N–H and O–H groups in total. The van der Waals surface area contributed by atoms with E-state index in [1.165, 1.54) is 12.1 Å². The third kappa shape index (κ3) is 3.82. The van der Waals surface area contributed by atoms with Gasteiger partial charge >= 0.3 is 0 Å². The molecule has 2 aromatic carbocycles. The first-order chi connectivity index (χ1) is 11.5. The Kier molecular flexibility index (Phi) is 4.96. The first-order valence-electron chi connectivity index (χ1n) is 7.03. The largest absolute Gasteiger partial charge is 0.419 e. The van der Waals surface area contributed by atoms with Crippen molar-refractivity contribution < 1.29 is 9.34 Å². The molecule has 0 saturated carbocycles. The first-order valence-corrected chi connectivity index (χ1v) is 8.70. The van der Waals surface area contributed by atoms with Crippen LogP contribution in [0, 0.1) is 10.1 Å². The molecule has 0 fully saturated rings. The van der Waals surface area contributed by atoms with Gasteiger partial charge in [0, 0.05) is 27.1 Å². The summed E-state index contributed by atoms with van der Waals surface area (Å²) >= 11 is 5.02. The summed E-state index contributed by atoms with van der Waals surface area (Å²) < 4.78 is 6.73. The van der Waals surface area contributed by atoms with E-state index in [2.05, 4.69) is 26.1 Å². The Morgan fingerprint density at radius 3 is 2.42 bits per heavy atom. The maximum Gasteiger partial charge on any atom is 0.269 e. The maximum absolute atomic E-state index is 10.7. The van der Waals surface area contributed by atoms with Crippen molar-refractivity contribution in [1.29, 1.82) is 0 Å². The Bertz CT molecular complexity index is 850. The highest BCUT2D eigenvalue weighted by molar-refractivity contribution is 9.10. The zero-order valence-corrected chi connectivity index (χ0v) is 15.0. The van der Waals surface area contributed by atoms with Crippen LogP contribution in [0.2, 0.25) is 0 Å². The summed E-state index contributed by atoms with van der Waals surface area (Å²) in [5.41, 5.74) is 0.679. The lowest BCUT2D eigenvalue weighted by atomic mass is 10.2. The normalized spacial score (nSPS) is 12.1. The van der Waals surface area contributed by atoms with E-state index in [9.17, 15) is 10.1 Å². The number of benzene rings is 2. The summed E-state index contributed by atoms with van der Waals surface area (Å²) in [5, 5.41) is 18.8. The predicted molar refractivity (Wildman–Crippen MR) is 94.8 cm³/mol. The zero-order valence-electron chi connectivity index (χ0n) is 12.5. The Morgan fingerprint density at radius 1 is 1.12 bits per heavy atom. The van der Waals surface area contributed by atoms with Crippen LogP contribution in [-0.4, -0.2) is 15.1 Å². The average Bonchev–Trinajstić information content (AvgIpc) is 3.07. The van der Waals surface area contributed by atoms with Gasteiger partial charge in [0.05, 0.1) is 10.2 Å². The SMILES string of the molecule is C[C@@H](Sc1ccc(Br)cc1)c1nnc(-c2ccc([N+](=O)[O-])cc2)o1. The van der Waals surface area contributed by atoms with Gasteiger partial charge in [-0.05, 0) is 43.3 Å². The molecule has 0 spiro atoms. The minimum Gasteiger partial charge on any atom is -0.419 e. The van der Waals surface area contributed by atoms with Crippen LogP contribution in [0.1, 0.15) is 18.1 Å². The summed E-state index contributed by atoms with van der Waals surface area (Å²) in [5.74, 6) is 0.861. The predicted octanol–water partition coefficient (Wildman–Crippen LogP) is 5.26. The number of nitro benzene ring substituents is 1. The number of nitro groups is 1. The lowest BCUT2D eigenvalue weighted by molar-refractivity contribution is -0.384. The highest BCUT2D eigenvalue weighted by atomic mass is 79.9. The van der Waals surface area contributed by atoms with E-state index < -0.39 is 4.92 Å². The van der Waals surface area contributed by atoms with Gasteiger partial charge in [-0.3, -0.25) is 10.1 Å². The van der Waals surface area contributed by atoms with Gasteiger partial charge in [0.2, 0.25) is 11.8 Å². The Hall–Kier alpha value is -2.19. The van der Waals surface area contributed by atoms with Crippen molar-refractivity contribution in [1.82, 2.24) is 10.2 Å². The highest BCUT2D eigenvalue weighted by Crippen LogP contribution is 2.35. The van der Waals surface area contributed by atoms with Gasteiger partial charge in [0.15, 0.2) is 0 Å². The molecule has 3 aromatic rings. The monoisotopic (exact) mass is 405 g/mol. The standard InChI is InChI=1S/C16H12BrN3O3S/c1-10(24-14-8-4-12(17)5-9-14)15-18-19-16(23-15)11-2-6-13(7-3-11)20(21)22/h2-10H,1H3/t10-/m1/s1. The molecule has 0 aliphatic rings. The number of hydrogen-bond donors (Lipinski definition) is 0. The number of halogens is 1. The number of aromatic nitrogens is 2. The summed E-state index contributed by atoms with van der Waals surface area (Å²) in [7, 11) is 0. The Balaban J connectivity index is 1.74. The van der Waals surface area contributed by atoms with E-state index in [0.29, 0.717) is 17.3 Å². The van der Waals surface area contributed by atoms with Crippen LogP contribution in [0.4, 0.5) is 5.69 Å². The van der Waals surface area contributed by atoms with E-state index in [1.54, 1.807) is 23.9 Å². The molecular formula is C16H12BrN3O3S. The minimum atomic E-state index is -0.444. The fourth-order valence-corrected chi connectivity index (χ4v) is 3.17.